The summed E-state index contributed by atoms with van der Waals surface area (Å²) >= 11 is 6.57. The van der Waals surface area contributed by atoms with E-state index in [2.05, 4.69) is 10.1 Å². The predicted octanol–water partition coefficient (Wildman–Crippen LogP) is 2.43. The highest BCUT2D eigenvalue weighted by molar-refractivity contribution is 6.66. The van der Waals surface area contributed by atoms with Gasteiger partial charge in [-0.05, 0) is 68.0 Å². The van der Waals surface area contributed by atoms with Crippen LogP contribution < -0.4 is 9.75 Å². The molecule has 1 aromatic carbocycles. The van der Waals surface area contributed by atoms with Crippen LogP contribution in [0.5, 0.6) is 5.75 Å². The van der Waals surface area contributed by atoms with E-state index in [1.54, 1.807) is 37.6 Å². The Morgan fingerprint density at radius 2 is 1.97 bits per heavy atom. The number of carbonyl (C=O) groups is 2. The van der Waals surface area contributed by atoms with Crippen molar-refractivity contribution in [1.29, 1.82) is 0 Å². The van der Waals surface area contributed by atoms with Crippen molar-refractivity contribution in [3.05, 3.63) is 41.7 Å². The summed E-state index contributed by atoms with van der Waals surface area (Å²) < 4.78 is 10.7. The van der Waals surface area contributed by atoms with Gasteiger partial charge in [0.2, 0.25) is 11.5 Å². The first kappa shape index (κ1) is 25.2. The second kappa shape index (κ2) is 9.96. The molecule has 188 valence electrons. The Morgan fingerprint density at radius 3 is 2.54 bits per heavy atom. The Morgan fingerprint density at radius 1 is 1.31 bits per heavy atom. The van der Waals surface area contributed by atoms with Crippen LogP contribution >= 0.6 is 11.6 Å². The van der Waals surface area contributed by atoms with Crippen LogP contribution in [0.4, 0.5) is 4.79 Å². The normalized spacial score (nSPS) is 21.6. The Bertz CT molecular complexity index is 1070. The van der Waals surface area contributed by atoms with Gasteiger partial charge in [0.05, 0.1) is 25.6 Å². The molecule has 4 rings (SSSR count). The van der Waals surface area contributed by atoms with Crippen LogP contribution in [0, 0.1) is 5.92 Å². The molecule has 0 bridgehead atoms. The zero-order chi connectivity index (χ0) is 25.3. The number of fused-ring (bicyclic) bond motifs is 1. The number of carboxylic acid groups (broad SMARTS) is 1. The van der Waals surface area contributed by atoms with Gasteiger partial charge in [-0.3, -0.25) is 14.6 Å². The standard InChI is InChI=1S/C24H30ClN5O5/c1-24(2,3)29(23(32)33)19(15-5-7-17(34-4)8-6-15)14-28-21(31)18-13-26-20(30(18)27-22(28)25)16-9-11-35-12-10-16/h5-8,13,16,19H,9-12,14H2,1-4H3,(H,32,33)/p+1/t19-/m1/s1. The minimum atomic E-state index is -1.10. The van der Waals surface area contributed by atoms with Gasteiger partial charge in [-0.25, -0.2) is 4.79 Å². The second-order valence-corrected chi connectivity index (χ2v) is 10.0. The third kappa shape index (κ3) is 5.05. The molecule has 0 aliphatic carbocycles. The third-order valence-corrected chi connectivity index (χ3v) is 6.73. The molecular formula is C24H31ClN5O5+. The van der Waals surface area contributed by atoms with Crippen molar-refractivity contribution in [3.8, 4) is 5.75 Å². The molecule has 0 radical (unpaired) electrons. The van der Waals surface area contributed by atoms with E-state index in [9.17, 15) is 14.7 Å². The number of aliphatic imine (C=N–C) groups is 1. The topological polar surface area (TPSA) is 108 Å². The minimum absolute atomic E-state index is 0.00145. The van der Waals surface area contributed by atoms with Crippen molar-refractivity contribution in [2.75, 3.05) is 26.9 Å². The van der Waals surface area contributed by atoms with Crippen LogP contribution in [0.2, 0.25) is 0 Å². The lowest BCUT2D eigenvalue weighted by atomic mass is 9.97. The summed E-state index contributed by atoms with van der Waals surface area (Å²) in [5.74, 6) is 1.23. The average molecular weight is 505 g/mol. The molecule has 2 atom stereocenters. The summed E-state index contributed by atoms with van der Waals surface area (Å²) in [7, 11) is 1.56. The lowest BCUT2D eigenvalue weighted by molar-refractivity contribution is -0.767. The van der Waals surface area contributed by atoms with Gasteiger partial charge in [0, 0.05) is 18.8 Å². The molecule has 2 amide bonds. The Balaban J connectivity index is 1.65. The molecule has 1 fully saturated rings. The number of amidine groups is 2. The van der Waals surface area contributed by atoms with E-state index in [-0.39, 0.29) is 23.7 Å². The quantitative estimate of drug-likeness (QED) is 0.578. The van der Waals surface area contributed by atoms with Crippen LogP contribution in [0.15, 0.2) is 46.3 Å². The number of amides is 2. The van der Waals surface area contributed by atoms with Crippen LogP contribution in [0.1, 0.15) is 45.2 Å². The molecule has 3 aliphatic rings. The van der Waals surface area contributed by atoms with Crippen molar-refractivity contribution >= 4 is 34.7 Å². The van der Waals surface area contributed by atoms with Crippen molar-refractivity contribution in [1.82, 2.24) is 9.80 Å². The van der Waals surface area contributed by atoms with Crippen LogP contribution in [-0.2, 0) is 9.53 Å². The number of hydrogen-bond donors (Lipinski definition) is 2. The monoisotopic (exact) mass is 504 g/mol. The van der Waals surface area contributed by atoms with E-state index in [0.717, 1.165) is 18.7 Å². The number of rotatable bonds is 6. The number of carbonyl (C=O) groups excluding carboxylic acids is 1. The largest absolute Gasteiger partial charge is 0.497 e. The second-order valence-electron chi connectivity index (χ2n) is 9.70. The van der Waals surface area contributed by atoms with Gasteiger partial charge in [0.1, 0.15) is 11.9 Å². The fraction of sp³-hybridized carbons (Fsp3) is 0.500. The number of nitrogens with zero attached hydrogens (tertiary/aromatic N) is 4. The highest BCUT2D eigenvalue weighted by atomic mass is 35.5. The van der Waals surface area contributed by atoms with Crippen molar-refractivity contribution in [2.24, 2.45) is 16.0 Å². The van der Waals surface area contributed by atoms with Gasteiger partial charge in [0.15, 0.2) is 0 Å². The molecule has 1 aromatic rings. The molecular weight excluding hydrogens is 474 g/mol. The van der Waals surface area contributed by atoms with Crippen LogP contribution in [0.3, 0.4) is 0 Å². The van der Waals surface area contributed by atoms with E-state index >= 15 is 0 Å². The van der Waals surface area contributed by atoms with Gasteiger partial charge in [-0.2, -0.15) is 4.99 Å². The molecule has 3 aliphatic heterocycles. The molecule has 2 N–H and O–H groups in total. The van der Waals surface area contributed by atoms with Gasteiger partial charge < -0.3 is 14.6 Å². The maximum absolute atomic E-state index is 13.5. The summed E-state index contributed by atoms with van der Waals surface area (Å²) in [6, 6.07) is 6.41. The highest BCUT2D eigenvalue weighted by Crippen LogP contribution is 2.32. The van der Waals surface area contributed by atoms with Crippen molar-refractivity contribution in [3.63, 3.8) is 0 Å². The summed E-state index contributed by atoms with van der Waals surface area (Å²) in [6.45, 7) is 6.71. The summed E-state index contributed by atoms with van der Waals surface area (Å²) in [5, 5.41) is 15.2. The van der Waals surface area contributed by atoms with Gasteiger partial charge in [0.25, 0.3) is 5.29 Å². The molecule has 1 unspecified atom stereocenters. The van der Waals surface area contributed by atoms with Crippen LogP contribution in [0.25, 0.3) is 0 Å². The highest BCUT2D eigenvalue weighted by Gasteiger charge is 2.46. The van der Waals surface area contributed by atoms with E-state index in [4.69, 9.17) is 21.1 Å². The van der Waals surface area contributed by atoms with Gasteiger partial charge >= 0.3 is 12.0 Å². The molecule has 0 aromatic heterocycles. The van der Waals surface area contributed by atoms with Crippen molar-refractivity contribution < 1.29 is 29.2 Å². The molecule has 10 nitrogen and oxygen atoms in total. The Labute approximate surface area is 209 Å². The summed E-state index contributed by atoms with van der Waals surface area (Å²) in [5.41, 5.74) is 0.332. The number of halogens is 1. The number of methoxy groups -OCH3 is 1. The van der Waals surface area contributed by atoms with E-state index in [1.165, 1.54) is 9.80 Å². The first-order chi connectivity index (χ1) is 16.6. The summed E-state index contributed by atoms with van der Waals surface area (Å²) in [6.07, 6.45) is 2.07. The molecule has 0 spiro atoms. The number of hydrogen-bond acceptors (Lipinski definition) is 6. The number of benzene rings is 1. The molecule has 3 heterocycles. The maximum atomic E-state index is 13.5. The number of ether oxygens (including phenoxy) is 2. The molecule has 0 saturated carbocycles. The van der Waals surface area contributed by atoms with Gasteiger partial charge in [-0.15, -0.1) is 5.01 Å². The average Bonchev–Trinajstić information content (AvgIpc) is 3.24. The fourth-order valence-corrected chi connectivity index (χ4v) is 4.93. The van der Waals surface area contributed by atoms with Crippen molar-refractivity contribution in [2.45, 2.75) is 45.2 Å². The molecule has 11 heteroatoms. The Hall–Kier alpha value is -2.95. The molecule has 1 saturated heterocycles. The number of nitrogens with one attached hydrogen (secondary N) is 1. The lowest BCUT2D eigenvalue weighted by Gasteiger charge is -2.41. The fourth-order valence-electron chi connectivity index (χ4n) is 4.70. The number of quaternary nitrogens is 1. The van der Waals surface area contributed by atoms with Crippen LogP contribution in [-0.4, -0.2) is 70.4 Å². The van der Waals surface area contributed by atoms with E-state index in [0.29, 0.717) is 35.2 Å². The minimum Gasteiger partial charge on any atom is -0.497 e. The zero-order valence-corrected chi connectivity index (χ0v) is 21.1. The third-order valence-electron chi connectivity index (χ3n) is 6.44. The first-order valence-corrected chi connectivity index (χ1v) is 11.9. The van der Waals surface area contributed by atoms with E-state index in [1.807, 2.05) is 20.8 Å². The lowest BCUT2D eigenvalue weighted by Crippen LogP contribution is -3.10. The SMILES string of the molecule is COc1ccc([C@@H](CN2C(=O)C3=CN=C(C4CCOCC4)[NH+]3N=C2Cl)N(C(=O)O)C(C)(C)C)cc1. The summed E-state index contributed by atoms with van der Waals surface area (Å²) in [4.78, 5) is 33.1. The zero-order valence-electron chi connectivity index (χ0n) is 20.3. The predicted molar refractivity (Wildman–Crippen MR) is 130 cm³/mol. The first-order valence-electron chi connectivity index (χ1n) is 11.6. The molecule has 35 heavy (non-hydrogen) atoms. The van der Waals surface area contributed by atoms with Gasteiger partial charge in [-0.1, -0.05) is 12.1 Å². The maximum Gasteiger partial charge on any atom is 0.408 e. The Kier molecular flexibility index (Phi) is 7.16. The smallest absolute Gasteiger partial charge is 0.408 e. The van der Waals surface area contributed by atoms with E-state index < -0.39 is 17.7 Å².